The maximum atomic E-state index is 13.0. The van der Waals surface area contributed by atoms with E-state index in [1.807, 2.05) is 0 Å². The molecule has 0 amide bonds. The van der Waals surface area contributed by atoms with E-state index in [9.17, 15) is 13.2 Å². The van der Waals surface area contributed by atoms with Gasteiger partial charge < -0.3 is 5.32 Å². The Balaban J connectivity index is 2.25. The van der Waals surface area contributed by atoms with E-state index in [0.717, 1.165) is 18.9 Å². The molecule has 1 saturated carbocycles. The highest BCUT2D eigenvalue weighted by Gasteiger charge is 2.37. The highest BCUT2D eigenvalue weighted by atomic mass is 79.9. The van der Waals surface area contributed by atoms with Crippen LogP contribution in [0.5, 0.6) is 0 Å². The van der Waals surface area contributed by atoms with E-state index in [4.69, 9.17) is 0 Å². The molecule has 0 radical (unpaired) electrons. The molecule has 6 heteroatoms. The van der Waals surface area contributed by atoms with Gasteiger partial charge in [0.1, 0.15) is 5.82 Å². The minimum absolute atomic E-state index is 0.0600. The molecule has 0 aliphatic heterocycles. The zero-order valence-corrected chi connectivity index (χ0v) is 12.3. The van der Waals surface area contributed by atoms with Gasteiger partial charge in [0.25, 0.3) is 0 Å². The standard InChI is InChI=1S/C13H16BrF3N2/c1-7-3-4-11(8(7)2)19-12-10(13(15,16)17)5-9(14)6-18-12/h5-8,11H,3-4H2,1-2H3,(H,18,19). The minimum atomic E-state index is -4.40. The third kappa shape index (κ3) is 3.22. The zero-order valence-electron chi connectivity index (χ0n) is 10.8. The number of nitrogens with zero attached hydrogens (tertiary/aromatic N) is 1. The maximum absolute atomic E-state index is 13.0. The first-order valence-electron chi connectivity index (χ1n) is 6.28. The van der Waals surface area contributed by atoms with Crippen LogP contribution in [-0.2, 0) is 6.18 Å². The number of hydrogen-bond donors (Lipinski definition) is 1. The Labute approximate surface area is 118 Å². The van der Waals surface area contributed by atoms with Gasteiger partial charge in [0.2, 0.25) is 0 Å². The molecule has 3 unspecified atom stereocenters. The average Bonchev–Trinajstić information content (AvgIpc) is 2.62. The van der Waals surface area contributed by atoms with Gasteiger partial charge in [-0.15, -0.1) is 0 Å². The summed E-state index contributed by atoms with van der Waals surface area (Å²) in [5.41, 5.74) is -0.714. The van der Waals surface area contributed by atoms with E-state index in [1.54, 1.807) is 0 Å². The van der Waals surface area contributed by atoms with Gasteiger partial charge in [-0.1, -0.05) is 13.8 Å². The van der Waals surface area contributed by atoms with Crippen molar-refractivity contribution in [1.82, 2.24) is 4.98 Å². The lowest BCUT2D eigenvalue weighted by atomic mass is 9.98. The van der Waals surface area contributed by atoms with Crippen LogP contribution >= 0.6 is 15.9 Å². The fraction of sp³-hybridized carbons (Fsp3) is 0.615. The molecule has 1 heterocycles. The van der Waals surface area contributed by atoms with Crippen molar-refractivity contribution in [2.24, 2.45) is 11.8 Å². The van der Waals surface area contributed by atoms with Crippen molar-refractivity contribution in [3.63, 3.8) is 0 Å². The van der Waals surface area contributed by atoms with Crippen LogP contribution in [0.25, 0.3) is 0 Å². The van der Waals surface area contributed by atoms with Crippen LogP contribution in [0.4, 0.5) is 19.0 Å². The van der Waals surface area contributed by atoms with Crippen LogP contribution in [0.2, 0.25) is 0 Å². The van der Waals surface area contributed by atoms with Gasteiger partial charge >= 0.3 is 6.18 Å². The molecule has 1 aromatic heterocycles. The first-order valence-corrected chi connectivity index (χ1v) is 7.07. The third-order valence-electron chi connectivity index (χ3n) is 3.95. The molecule has 0 aromatic carbocycles. The van der Waals surface area contributed by atoms with Gasteiger partial charge in [-0.25, -0.2) is 4.98 Å². The van der Waals surface area contributed by atoms with Crippen LogP contribution in [0, 0.1) is 11.8 Å². The lowest BCUT2D eigenvalue weighted by Crippen LogP contribution is -2.26. The molecule has 106 valence electrons. The normalized spacial score (nSPS) is 27.6. The fourth-order valence-corrected chi connectivity index (χ4v) is 2.85. The quantitative estimate of drug-likeness (QED) is 0.845. The third-order valence-corrected chi connectivity index (χ3v) is 4.38. The first kappa shape index (κ1) is 14.6. The number of hydrogen-bond acceptors (Lipinski definition) is 2. The molecule has 2 nitrogen and oxygen atoms in total. The summed E-state index contributed by atoms with van der Waals surface area (Å²) in [5.74, 6) is 0.815. The molecule has 19 heavy (non-hydrogen) atoms. The Morgan fingerprint density at radius 2 is 2.00 bits per heavy atom. The summed E-state index contributed by atoms with van der Waals surface area (Å²) in [6.45, 7) is 4.20. The van der Waals surface area contributed by atoms with Crippen molar-refractivity contribution >= 4 is 21.7 Å². The number of aromatic nitrogens is 1. The molecule has 1 fully saturated rings. The van der Waals surface area contributed by atoms with E-state index in [1.165, 1.54) is 6.20 Å². The predicted octanol–water partition coefficient (Wildman–Crippen LogP) is 4.71. The predicted molar refractivity (Wildman–Crippen MR) is 71.9 cm³/mol. The van der Waals surface area contributed by atoms with Crippen LogP contribution in [0.15, 0.2) is 16.7 Å². The summed E-state index contributed by atoms with van der Waals surface area (Å²) < 4.78 is 39.3. The van der Waals surface area contributed by atoms with E-state index in [0.29, 0.717) is 16.3 Å². The Kier molecular flexibility index (Phi) is 4.08. The van der Waals surface area contributed by atoms with Crippen molar-refractivity contribution < 1.29 is 13.2 Å². The topological polar surface area (TPSA) is 24.9 Å². The van der Waals surface area contributed by atoms with Crippen LogP contribution < -0.4 is 5.32 Å². The van der Waals surface area contributed by atoms with E-state index < -0.39 is 11.7 Å². The Morgan fingerprint density at radius 1 is 1.32 bits per heavy atom. The molecule has 1 aliphatic rings. The van der Waals surface area contributed by atoms with Gasteiger partial charge in [0.05, 0.1) is 5.56 Å². The zero-order chi connectivity index (χ0) is 14.2. The second-order valence-corrected chi connectivity index (χ2v) is 6.13. The molecule has 3 atom stereocenters. The summed E-state index contributed by atoms with van der Waals surface area (Å²) in [7, 11) is 0. The molecular formula is C13H16BrF3N2. The number of halogens is 4. The van der Waals surface area contributed by atoms with Gasteiger partial charge in [-0.05, 0) is 46.7 Å². The van der Waals surface area contributed by atoms with Gasteiger partial charge in [-0.3, -0.25) is 0 Å². The summed E-state index contributed by atoms with van der Waals surface area (Å²) in [6, 6.07) is 1.13. The summed E-state index contributed by atoms with van der Waals surface area (Å²) in [5, 5.41) is 2.97. The average molecular weight is 337 g/mol. The largest absolute Gasteiger partial charge is 0.419 e. The second kappa shape index (κ2) is 5.31. The molecule has 1 N–H and O–H groups in total. The van der Waals surface area contributed by atoms with Gasteiger partial charge in [0, 0.05) is 16.7 Å². The molecule has 0 spiro atoms. The number of nitrogens with one attached hydrogen (secondary N) is 1. The SMILES string of the molecule is CC1CCC(Nc2ncc(Br)cc2C(F)(F)F)C1C. The number of rotatable bonds is 2. The second-order valence-electron chi connectivity index (χ2n) is 5.21. The van der Waals surface area contributed by atoms with E-state index in [-0.39, 0.29) is 11.9 Å². The molecule has 0 bridgehead atoms. The summed E-state index contributed by atoms with van der Waals surface area (Å²) in [4.78, 5) is 3.89. The lowest BCUT2D eigenvalue weighted by molar-refractivity contribution is -0.137. The van der Waals surface area contributed by atoms with E-state index >= 15 is 0 Å². The van der Waals surface area contributed by atoms with Gasteiger partial charge in [0.15, 0.2) is 0 Å². The lowest BCUT2D eigenvalue weighted by Gasteiger charge is -2.22. The molecule has 0 saturated heterocycles. The Morgan fingerprint density at radius 3 is 2.53 bits per heavy atom. The number of alkyl halides is 3. The Bertz CT molecular complexity index is 462. The van der Waals surface area contributed by atoms with Crippen molar-refractivity contribution in [3.05, 3.63) is 22.3 Å². The number of anilines is 1. The van der Waals surface area contributed by atoms with Crippen LogP contribution in [0.1, 0.15) is 32.3 Å². The molecule has 2 rings (SSSR count). The molecular weight excluding hydrogens is 321 g/mol. The summed E-state index contributed by atoms with van der Waals surface area (Å²) >= 11 is 3.03. The Hall–Kier alpha value is -0.780. The summed E-state index contributed by atoms with van der Waals surface area (Å²) in [6.07, 6.45) is -1.08. The molecule has 1 aromatic rings. The smallest absolute Gasteiger partial charge is 0.367 e. The van der Waals surface area contributed by atoms with Gasteiger partial charge in [-0.2, -0.15) is 13.2 Å². The van der Waals surface area contributed by atoms with Crippen molar-refractivity contribution in [2.75, 3.05) is 5.32 Å². The van der Waals surface area contributed by atoms with Crippen LogP contribution in [0.3, 0.4) is 0 Å². The first-order chi connectivity index (χ1) is 8.79. The maximum Gasteiger partial charge on any atom is 0.419 e. The highest BCUT2D eigenvalue weighted by molar-refractivity contribution is 9.10. The minimum Gasteiger partial charge on any atom is -0.367 e. The fourth-order valence-electron chi connectivity index (χ4n) is 2.51. The molecule has 1 aliphatic carbocycles. The van der Waals surface area contributed by atoms with Crippen molar-refractivity contribution in [2.45, 2.75) is 38.9 Å². The highest BCUT2D eigenvalue weighted by Crippen LogP contribution is 2.38. The van der Waals surface area contributed by atoms with Crippen molar-refractivity contribution in [1.29, 1.82) is 0 Å². The number of pyridine rings is 1. The monoisotopic (exact) mass is 336 g/mol. The van der Waals surface area contributed by atoms with Crippen molar-refractivity contribution in [3.8, 4) is 0 Å². The van der Waals surface area contributed by atoms with E-state index in [2.05, 4.69) is 40.1 Å². The van der Waals surface area contributed by atoms with Crippen LogP contribution in [-0.4, -0.2) is 11.0 Å².